The number of rotatable bonds is 3. The molecule has 0 spiro atoms. The molecule has 1 amide bonds. The van der Waals surface area contributed by atoms with E-state index >= 15 is 0 Å². The van der Waals surface area contributed by atoms with Crippen LogP contribution in [-0.2, 0) is 4.74 Å². The molecule has 112 valence electrons. The fourth-order valence-corrected chi connectivity index (χ4v) is 1.62. The van der Waals surface area contributed by atoms with Crippen LogP contribution in [0.4, 0.5) is 13.6 Å². The van der Waals surface area contributed by atoms with Crippen LogP contribution in [0.1, 0.15) is 39.3 Å². The second-order valence-electron chi connectivity index (χ2n) is 5.54. The number of nitrogens with one attached hydrogen (secondary N) is 1. The van der Waals surface area contributed by atoms with Crippen molar-refractivity contribution >= 4 is 6.09 Å². The molecule has 0 aromatic heterocycles. The molecule has 0 aliphatic rings. The molecule has 4 nitrogen and oxygen atoms in total. The lowest BCUT2D eigenvalue weighted by Crippen LogP contribution is -2.38. The lowest BCUT2D eigenvalue weighted by atomic mass is 10.0. The Balaban J connectivity index is 2.89. The first-order chi connectivity index (χ1) is 9.10. The first-order valence-corrected chi connectivity index (χ1v) is 6.22. The molecule has 0 radical (unpaired) electrons. The number of aliphatic hydroxyl groups excluding tert-OH is 1. The number of amides is 1. The second kappa shape index (κ2) is 6.17. The number of benzene rings is 1. The largest absolute Gasteiger partial charge is 0.444 e. The van der Waals surface area contributed by atoms with Crippen molar-refractivity contribution < 1.29 is 23.4 Å². The van der Waals surface area contributed by atoms with E-state index in [2.05, 4.69) is 5.32 Å². The molecule has 1 aromatic carbocycles. The average Bonchev–Trinajstić information content (AvgIpc) is 2.27. The molecule has 2 N–H and O–H groups in total. The molecular weight excluding hydrogens is 268 g/mol. The average molecular weight is 287 g/mol. The van der Waals surface area contributed by atoms with Crippen LogP contribution in [-0.4, -0.2) is 22.9 Å². The summed E-state index contributed by atoms with van der Waals surface area (Å²) < 4.78 is 31.2. The van der Waals surface area contributed by atoms with Crippen molar-refractivity contribution in [2.24, 2.45) is 0 Å². The quantitative estimate of drug-likeness (QED) is 0.898. The van der Waals surface area contributed by atoms with Gasteiger partial charge < -0.3 is 15.2 Å². The summed E-state index contributed by atoms with van der Waals surface area (Å²) in [5.41, 5.74) is -0.439. The minimum atomic E-state index is -1.04. The summed E-state index contributed by atoms with van der Waals surface area (Å²) >= 11 is 0. The van der Waals surface area contributed by atoms with E-state index < -0.39 is 35.5 Å². The summed E-state index contributed by atoms with van der Waals surface area (Å²) in [6.07, 6.45) is -1.74. The van der Waals surface area contributed by atoms with Crippen molar-refractivity contribution in [3.63, 3.8) is 0 Å². The van der Waals surface area contributed by atoms with Gasteiger partial charge in [0.15, 0.2) is 11.6 Å². The highest BCUT2D eigenvalue weighted by Crippen LogP contribution is 2.20. The maximum atomic E-state index is 13.2. The van der Waals surface area contributed by atoms with Gasteiger partial charge in [-0.05, 0) is 45.4 Å². The molecule has 0 saturated carbocycles. The van der Waals surface area contributed by atoms with E-state index in [1.165, 1.54) is 13.0 Å². The highest BCUT2D eigenvalue weighted by atomic mass is 19.2. The molecule has 0 aliphatic heterocycles. The van der Waals surface area contributed by atoms with E-state index in [1.807, 2.05) is 0 Å². The highest BCUT2D eigenvalue weighted by Gasteiger charge is 2.24. The fraction of sp³-hybridized carbons (Fsp3) is 0.500. The zero-order valence-corrected chi connectivity index (χ0v) is 11.9. The van der Waals surface area contributed by atoms with Crippen LogP contribution in [0.15, 0.2) is 18.2 Å². The Hall–Kier alpha value is -1.69. The van der Waals surface area contributed by atoms with Crippen LogP contribution in [0.3, 0.4) is 0 Å². The first-order valence-electron chi connectivity index (χ1n) is 6.22. The van der Waals surface area contributed by atoms with E-state index in [1.54, 1.807) is 20.8 Å². The molecule has 0 aliphatic carbocycles. The molecule has 0 heterocycles. The first kappa shape index (κ1) is 16.4. The molecule has 1 rings (SSSR count). The van der Waals surface area contributed by atoms with Gasteiger partial charge in [-0.3, -0.25) is 0 Å². The van der Waals surface area contributed by atoms with Crippen LogP contribution in [0.2, 0.25) is 0 Å². The van der Waals surface area contributed by atoms with Gasteiger partial charge in [-0.15, -0.1) is 0 Å². The second-order valence-corrected chi connectivity index (χ2v) is 5.54. The molecule has 20 heavy (non-hydrogen) atoms. The zero-order valence-electron chi connectivity index (χ0n) is 11.9. The molecular formula is C14H19F2NO3. The summed E-state index contributed by atoms with van der Waals surface area (Å²) in [6, 6.07) is 2.29. The SMILES string of the molecule is C[C@@H](O)[C@H](NC(=O)OC(C)(C)C)c1ccc(F)c(F)c1. The predicted molar refractivity (Wildman–Crippen MR) is 70.1 cm³/mol. The van der Waals surface area contributed by atoms with E-state index in [9.17, 15) is 18.7 Å². The number of carbonyl (C=O) groups is 1. The highest BCUT2D eigenvalue weighted by molar-refractivity contribution is 5.68. The van der Waals surface area contributed by atoms with Crippen LogP contribution in [0.25, 0.3) is 0 Å². The van der Waals surface area contributed by atoms with E-state index in [4.69, 9.17) is 4.74 Å². The standard InChI is InChI=1S/C14H19F2NO3/c1-8(18)12(17-13(19)20-14(2,3)4)9-5-6-10(15)11(16)7-9/h5-8,12,18H,1-4H3,(H,17,19)/t8-,12+/m1/s1. The Morgan fingerprint density at radius 3 is 2.35 bits per heavy atom. The van der Waals surface area contributed by atoms with E-state index in [0.29, 0.717) is 0 Å². The van der Waals surface area contributed by atoms with Gasteiger partial charge in [0.1, 0.15) is 5.60 Å². The third-order valence-electron chi connectivity index (χ3n) is 2.46. The lowest BCUT2D eigenvalue weighted by molar-refractivity contribution is 0.0435. The van der Waals surface area contributed by atoms with Crippen molar-refractivity contribution in [3.05, 3.63) is 35.4 Å². The number of alkyl carbamates (subject to hydrolysis) is 1. The van der Waals surface area contributed by atoms with Crippen molar-refractivity contribution in [1.82, 2.24) is 5.32 Å². The van der Waals surface area contributed by atoms with Crippen LogP contribution in [0, 0.1) is 11.6 Å². The monoisotopic (exact) mass is 287 g/mol. The zero-order chi connectivity index (χ0) is 15.5. The summed E-state index contributed by atoms with van der Waals surface area (Å²) in [7, 11) is 0. The van der Waals surface area contributed by atoms with Crippen LogP contribution >= 0.6 is 0 Å². The normalized spacial score (nSPS) is 14.6. The Morgan fingerprint density at radius 1 is 1.30 bits per heavy atom. The molecule has 0 fully saturated rings. The van der Waals surface area contributed by atoms with E-state index in [-0.39, 0.29) is 5.56 Å². The molecule has 0 bridgehead atoms. The van der Waals surface area contributed by atoms with Crippen LogP contribution in [0.5, 0.6) is 0 Å². The Bertz CT molecular complexity index is 484. The fourth-order valence-electron chi connectivity index (χ4n) is 1.62. The molecule has 0 saturated heterocycles. The molecule has 0 unspecified atom stereocenters. The van der Waals surface area contributed by atoms with Crippen molar-refractivity contribution in [1.29, 1.82) is 0 Å². The molecule has 1 aromatic rings. The van der Waals surface area contributed by atoms with Crippen LogP contribution < -0.4 is 5.32 Å². The third kappa shape index (κ3) is 4.77. The van der Waals surface area contributed by atoms with Gasteiger partial charge in [-0.2, -0.15) is 0 Å². The summed E-state index contributed by atoms with van der Waals surface area (Å²) in [5.74, 6) is -2.03. The number of ether oxygens (including phenoxy) is 1. The molecule has 2 atom stereocenters. The minimum absolute atomic E-state index is 0.254. The Morgan fingerprint density at radius 2 is 1.90 bits per heavy atom. The maximum Gasteiger partial charge on any atom is 0.408 e. The summed E-state index contributed by atoms with van der Waals surface area (Å²) in [5, 5.41) is 12.1. The van der Waals surface area contributed by atoms with Crippen molar-refractivity contribution in [3.8, 4) is 0 Å². The summed E-state index contributed by atoms with van der Waals surface area (Å²) in [6.45, 7) is 6.52. The lowest BCUT2D eigenvalue weighted by Gasteiger charge is -2.25. The van der Waals surface area contributed by atoms with Gasteiger partial charge >= 0.3 is 6.09 Å². The third-order valence-corrected chi connectivity index (χ3v) is 2.46. The number of hydrogen-bond donors (Lipinski definition) is 2. The maximum absolute atomic E-state index is 13.2. The van der Waals surface area contributed by atoms with Gasteiger partial charge in [-0.25, -0.2) is 13.6 Å². The van der Waals surface area contributed by atoms with Gasteiger partial charge in [0.05, 0.1) is 12.1 Å². The number of hydrogen-bond acceptors (Lipinski definition) is 3. The van der Waals surface area contributed by atoms with E-state index in [0.717, 1.165) is 12.1 Å². The number of aliphatic hydroxyl groups is 1. The number of carbonyl (C=O) groups excluding carboxylic acids is 1. The van der Waals surface area contributed by atoms with Crippen molar-refractivity contribution in [2.75, 3.05) is 0 Å². The Labute approximate surface area is 116 Å². The topological polar surface area (TPSA) is 58.6 Å². The predicted octanol–water partition coefficient (Wildman–Crippen LogP) is 2.91. The van der Waals surface area contributed by atoms with Gasteiger partial charge in [-0.1, -0.05) is 6.07 Å². The Kier molecular flexibility index (Phi) is 5.05. The minimum Gasteiger partial charge on any atom is -0.444 e. The number of halogens is 2. The van der Waals surface area contributed by atoms with Gasteiger partial charge in [0.2, 0.25) is 0 Å². The van der Waals surface area contributed by atoms with Gasteiger partial charge in [0, 0.05) is 0 Å². The smallest absolute Gasteiger partial charge is 0.408 e. The van der Waals surface area contributed by atoms with Gasteiger partial charge in [0.25, 0.3) is 0 Å². The van der Waals surface area contributed by atoms with Crippen molar-refractivity contribution in [2.45, 2.75) is 45.4 Å². The summed E-state index contributed by atoms with van der Waals surface area (Å²) in [4.78, 5) is 11.7. The molecule has 6 heteroatoms.